The third-order valence-electron chi connectivity index (χ3n) is 2.74. The largest absolute Gasteiger partial charge is 0.496 e. The Hall–Kier alpha value is -2.61. The quantitative estimate of drug-likeness (QED) is 0.916. The summed E-state index contributed by atoms with van der Waals surface area (Å²) in [5.41, 5.74) is 7.01. The van der Waals surface area contributed by atoms with Crippen LogP contribution in [0.1, 0.15) is 17.2 Å². The van der Waals surface area contributed by atoms with Gasteiger partial charge < -0.3 is 10.5 Å². The molecule has 0 radical (unpaired) electrons. The van der Waals surface area contributed by atoms with E-state index in [-0.39, 0.29) is 0 Å². The molecule has 1 aromatic heterocycles. The van der Waals surface area contributed by atoms with Crippen LogP contribution in [0.25, 0.3) is 0 Å². The summed E-state index contributed by atoms with van der Waals surface area (Å²) < 4.78 is 18.5. The lowest BCUT2D eigenvalue weighted by Crippen LogP contribution is -2.04. The molecule has 0 bridgehead atoms. The minimum Gasteiger partial charge on any atom is -0.496 e. The van der Waals surface area contributed by atoms with Gasteiger partial charge in [0, 0.05) is 5.56 Å². The second kappa shape index (κ2) is 5.36. The summed E-state index contributed by atoms with van der Waals surface area (Å²) in [5.74, 6) is -0.677. The number of nitrogens with two attached hydrogens (primary N) is 1. The van der Waals surface area contributed by atoms with Gasteiger partial charge in [0.15, 0.2) is 0 Å². The first kappa shape index (κ1) is 12.8. The van der Waals surface area contributed by atoms with E-state index < -0.39 is 11.7 Å². The van der Waals surface area contributed by atoms with E-state index in [0.29, 0.717) is 22.7 Å². The summed E-state index contributed by atoms with van der Waals surface area (Å²) in [6.07, 6.45) is 1.46. The predicted molar refractivity (Wildman–Crippen MR) is 69.1 cm³/mol. The summed E-state index contributed by atoms with van der Waals surface area (Å²) in [6.45, 7) is 0. The number of hydrogen-bond acceptors (Lipinski definition) is 4. The van der Waals surface area contributed by atoms with Crippen molar-refractivity contribution < 1.29 is 9.13 Å². The molecule has 0 saturated carbocycles. The van der Waals surface area contributed by atoms with Gasteiger partial charge in [-0.25, -0.2) is 4.39 Å². The van der Waals surface area contributed by atoms with Gasteiger partial charge >= 0.3 is 0 Å². The molecule has 96 valence electrons. The van der Waals surface area contributed by atoms with Gasteiger partial charge in [0.05, 0.1) is 30.8 Å². The topological polar surface area (TPSA) is 71.9 Å². The molecule has 1 atom stereocenters. The Bertz CT molecular complexity index is 620. The van der Waals surface area contributed by atoms with Gasteiger partial charge in [-0.05, 0) is 30.3 Å². The molecule has 1 heterocycles. The van der Waals surface area contributed by atoms with E-state index in [1.165, 1.54) is 31.5 Å². The van der Waals surface area contributed by atoms with Gasteiger partial charge in [0.2, 0.25) is 0 Å². The van der Waals surface area contributed by atoms with Gasteiger partial charge in [-0.2, -0.15) is 5.26 Å². The Labute approximate surface area is 110 Å². The average molecular weight is 257 g/mol. The van der Waals surface area contributed by atoms with Crippen LogP contribution >= 0.6 is 0 Å². The fraction of sp³-hybridized carbons (Fsp3) is 0.143. The zero-order chi connectivity index (χ0) is 13.8. The van der Waals surface area contributed by atoms with Gasteiger partial charge in [0.25, 0.3) is 0 Å². The molecule has 0 amide bonds. The molecule has 0 spiro atoms. The first-order valence-electron chi connectivity index (χ1n) is 5.60. The average Bonchev–Trinajstić information content (AvgIpc) is 2.42. The maximum atomic E-state index is 13.4. The number of rotatable bonds is 3. The Kier molecular flexibility index (Phi) is 3.62. The van der Waals surface area contributed by atoms with Crippen LogP contribution in [0.15, 0.2) is 36.5 Å². The van der Waals surface area contributed by atoms with E-state index in [9.17, 15) is 9.65 Å². The van der Waals surface area contributed by atoms with Gasteiger partial charge in [-0.3, -0.25) is 4.98 Å². The summed E-state index contributed by atoms with van der Waals surface area (Å²) in [7, 11) is 1.47. The second-order valence-corrected chi connectivity index (χ2v) is 3.96. The van der Waals surface area contributed by atoms with Gasteiger partial charge in [-0.1, -0.05) is 0 Å². The molecule has 0 aliphatic rings. The molecule has 0 aliphatic carbocycles. The van der Waals surface area contributed by atoms with Crippen LogP contribution in [-0.2, 0) is 0 Å². The van der Waals surface area contributed by atoms with Gasteiger partial charge in [0.1, 0.15) is 17.5 Å². The van der Waals surface area contributed by atoms with Crippen molar-refractivity contribution in [3.05, 3.63) is 53.6 Å². The van der Waals surface area contributed by atoms with Crippen LogP contribution in [0.2, 0.25) is 0 Å². The maximum Gasteiger partial charge on any atom is 0.123 e. The Morgan fingerprint density at radius 3 is 2.74 bits per heavy atom. The molecule has 0 fully saturated rings. The monoisotopic (exact) mass is 257 g/mol. The number of aromatic nitrogens is 1. The SMILES string of the molecule is COc1ccc(F)cc1C(C#N)c1ccc(N)cn1. The van der Waals surface area contributed by atoms with Crippen LogP contribution in [-0.4, -0.2) is 12.1 Å². The number of anilines is 1. The third kappa shape index (κ3) is 2.63. The zero-order valence-electron chi connectivity index (χ0n) is 10.3. The predicted octanol–water partition coefficient (Wildman–Crippen LogP) is 2.47. The lowest BCUT2D eigenvalue weighted by atomic mass is 9.95. The second-order valence-electron chi connectivity index (χ2n) is 3.96. The summed E-state index contributed by atoms with van der Waals surface area (Å²) >= 11 is 0. The fourth-order valence-corrected chi connectivity index (χ4v) is 1.81. The number of methoxy groups -OCH3 is 1. The normalized spacial score (nSPS) is 11.6. The van der Waals surface area contributed by atoms with Crippen molar-refractivity contribution in [2.75, 3.05) is 12.8 Å². The first-order valence-corrected chi connectivity index (χ1v) is 5.60. The van der Waals surface area contributed by atoms with Crippen LogP contribution in [0.4, 0.5) is 10.1 Å². The molecule has 19 heavy (non-hydrogen) atoms. The van der Waals surface area contributed by atoms with Crippen molar-refractivity contribution in [1.29, 1.82) is 5.26 Å². The van der Waals surface area contributed by atoms with E-state index in [1.54, 1.807) is 12.1 Å². The van der Waals surface area contributed by atoms with Crippen molar-refractivity contribution in [3.8, 4) is 11.8 Å². The number of nitrogens with zero attached hydrogens (tertiary/aromatic N) is 2. The third-order valence-corrected chi connectivity index (χ3v) is 2.74. The van der Waals surface area contributed by atoms with E-state index in [0.717, 1.165) is 0 Å². The smallest absolute Gasteiger partial charge is 0.123 e. The maximum absolute atomic E-state index is 13.4. The molecular formula is C14H12FN3O. The van der Waals surface area contributed by atoms with Crippen LogP contribution in [0.5, 0.6) is 5.75 Å². The fourth-order valence-electron chi connectivity index (χ4n) is 1.81. The highest BCUT2D eigenvalue weighted by atomic mass is 19.1. The highest BCUT2D eigenvalue weighted by Crippen LogP contribution is 2.31. The first-order chi connectivity index (χ1) is 9.15. The molecule has 2 aromatic rings. The Morgan fingerprint density at radius 1 is 1.37 bits per heavy atom. The number of halogens is 1. The van der Waals surface area contributed by atoms with Crippen LogP contribution in [0.3, 0.4) is 0 Å². The van der Waals surface area contributed by atoms with Crippen LogP contribution in [0, 0.1) is 17.1 Å². The Balaban J connectivity index is 2.51. The zero-order valence-corrected chi connectivity index (χ0v) is 10.3. The molecular weight excluding hydrogens is 245 g/mol. The van der Waals surface area contributed by atoms with Crippen molar-refractivity contribution in [2.24, 2.45) is 0 Å². The highest BCUT2D eigenvalue weighted by Gasteiger charge is 2.19. The molecule has 0 saturated heterocycles. The van der Waals surface area contributed by atoms with Crippen molar-refractivity contribution in [2.45, 2.75) is 5.92 Å². The number of pyridine rings is 1. The van der Waals surface area contributed by atoms with Crippen molar-refractivity contribution in [3.63, 3.8) is 0 Å². The van der Waals surface area contributed by atoms with E-state index in [2.05, 4.69) is 11.1 Å². The molecule has 1 unspecified atom stereocenters. The summed E-state index contributed by atoms with van der Waals surface area (Å²) in [5, 5.41) is 9.31. The Morgan fingerprint density at radius 2 is 2.16 bits per heavy atom. The molecule has 2 N–H and O–H groups in total. The molecule has 0 aliphatic heterocycles. The molecule has 2 rings (SSSR count). The highest BCUT2D eigenvalue weighted by molar-refractivity contribution is 5.46. The number of hydrogen-bond donors (Lipinski definition) is 1. The van der Waals surface area contributed by atoms with Crippen LogP contribution < -0.4 is 10.5 Å². The van der Waals surface area contributed by atoms with Crippen molar-refractivity contribution in [1.82, 2.24) is 4.98 Å². The minimum absolute atomic E-state index is 0.425. The molecule has 4 nitrogen and oxygen atoms in total. The summed E-state index contributed by atoms with van der Waals surface area (Å²) in [4.78, 5) is 4.11. The van der Waals surface area contributed by atoms with Crippen molar-refractivity contribution >= 4 is 5.69 Å². The molecule has 5 heteroatoms. The summed E-state index contributed by atoms with van der Waals surface area (Å²) in [6, 6.07) is 9.46. The molecule has 1 aromatic carbocycles. The minimum atomic E-state index is -0.703. The van der Waals surface area contributed by atoms with Gasteiger partial charge in [-0.15, -0.1) is 0 Å². The van der Waals surface area contributed by atoms with E-state index in [4.69, 9.17) is 10.5 Å². The lowest BCUT2D eigenvalue weighted by molar-refractivity contribution is 0.408. The number of nitrogen functional groups attached to an aromatic ring is 1. The number of benzene rings is 1. The van der Waals surface area contributed by atoms with E-state index in [1.807, 2.05) is 0 Å². The standard InChI is InChI=1S/C14H12FN3O/c1-19-14-5-2-9(15)6-11(14)12(7-16)13-4-3-10(17)8-18-13/h2-6,8,12H,17H2,1H3. The number of ether oxygens (including phenoxy) is 1. The number of nitriles is 1. The lowest BCUT2D eigenvalue weighted by Gasteiger charge is -2.13. The van der Waals surface area contributed by atoms with E-state index >= 15 is 0 Å².